The van der Waals surface area contributed by atoms with Crippen LogP contribution in [-0.4, -0.2) is 29.1 Å². The summed E-state index contributed by atoms with van der Waals surface area (Å²) in [6.07, 6.45) is 2.95. The third-order valence-electron chi connectivity index (χ3n) is 3.23. The summed E-state index contributed by atoms with van der Waals surface area (Å²) in [7, 11) is 0. The zero-order valence-corrected chi connectivity index (χ0v) is 12.8. The quantitative estimate of drug-likeness (QED) is 0.735. The Kier molecular flexibility index (Phi) is 6.32. The van der Waals surface area contributed by atoms with Gasteiger partial charge >= 0.3 is 0 Å². The van der Waals surface area contributed by atoms with E-state index in [1.54, 1.807) is 18.2 Å². The summed E-state index contributed by atoms with van der Waals surface area (Å²) in [6, 6.07) is 12.7. The summed E-state index contributed by atoms with van der Waals surface area (Å²) in [4.78, 5) is 16.2. The second kappa shape index (κ2) is 8.70. The largest absolute Gasteiger partial charge is 0.487 e. The van der Waals surface area contributed by atoms with E-state index in [-0.39, 0.29) is 11.6 Å². The Morgan fingerprint density at radius 1 is 1.30 bits per heavy atom. The Hall–Kier alpha value is -2.66. The van der Waals surface area contributed by atoms with Crippen LogP contribution >= 0.6 is 0 Å². The van der Waals surface area contributed by atoms with Crippen LogP contribution < -0.4 is 10.1 Å². The summed E-state index contributed by atoms with van der Waals surface area (Å²) in [5.74, 6) is 0.0819. The van der Waals surface area contributed by atoms with Crippen molar-refractivity contribution in [3.05, 3.63) is 72.6 Å². The minimum atomic E-state index is -0.614. The number of amides is 1. The minimum Gasteiger partial charge on any atom is -0.487 e. The van der Waals surface area contributed by atoms with Crippen LogP contribution in [0.3, 0.4) is 0 Å². The molecule has 2 aromatic rings. The summed E-state index contributed by atoms with van der Waals surface area (Å²) >= 11 is 0. The molecule has 1 heterocycles. The van der Waals surface area contributed by atoms with Crippen LogP contribution in [0, 0.1) is 0 Å². The predicted molar refractivity (Wildman–Crippen MR) is 88.3 cm³/mol. The second-order valence-corrected chi connectivity index (χ2v) is 4.92. The van der Waals surface area contributed by atoms with Gasteiger partial charge in [0.05, 0.1) is 6.10 Å². The molecule has 1 unspecified atom stereocenters. The number of pyridine rings is 1. The number of aromatic nitrogens is 1. The van der Waals surface area contributed by atoms with Crippen molar-refractivity contribution >= 4 is 5.91 Å². The molecule has 0 aliphatic heterocycles. The highest BCUT2D eigenvalue weighted by Gasteiger charge is 2.14. The Morgan fingerprint density at radius 3 is 2.83 bits per heavy atom. The number of nitrogens with one attached hydrogen (secondary N) is 1. The number of ether oxygens (including phenoxy) is 1. The van der Waals surface area contributed by atoms with E-state index in [4.69, 9.17) is 4.74 Å². The average molecular weight is 312 g/mol. The molecular weight excluding hydrogens is 292 g/mol. The number of aliphatic hydroxyl groups excluding tert-OH is 1. The van der Waals surface area contributed by atoms with Gasteiger partial charge in [-0.25, -0.2) is 4.98 Å². The molecule has 1 aromatic heterocycles. The monoisotopic (exact) mass is 312 g/mol. The molecule has 2 N–H and O–H groups in total. The first kappa shape index (κ1) is 16.7. The number of rotatable bonds is 8. The molecule has 0 fully saturated rings. The van der Waals surface area contributed by atoms with Crippen molar-refractivity contribution in [2.24, 2.45) is 0 Å². The topological polar surface area (TPSA) is 71.5 Å². The fourth-order valence-corrected chi connectivity index (χ4v) is 2.07. The predicted octanol–water partition coefficient (Wildman–Crippen LogP) is 2.50. The normalized spacial score (nSPS) is 11.5. The van der Waals surface area contributed by atoms with Crippen molar-refractivity contribution in [3.63, 3.8) is 0 Å². The van der Waals surface area contributed by atoms with Gasteiger partial charge in [0.2, 0.25) is 0 Å². The highest BCUT2D eigenvalue weighted by molar-refractivity contribution is 5.94. The summed E-state index contributed by atoms with van der Waals surface area (Å²) in [6.45, 7) is 4.22. The molecule has 2 rings (SSSR count). The van der Waals surface area contributed by atoms with E-state index in [0.29, 0.717) is 25.3 Å². The number of carbonyl (C=O) groups is 1. The molecule has 0 saturated carbocycles. The average Bonchev–Trinajstić information content (AvgIpc) is 2.60. The first-order valence-electron chi connectivity index (χ1n) is 7.42. The van der Waals surface area contributed by atoms with E-state index < -0.39 is 6.10 Å². The first-order chi connectivity index (χ1) is 11.2. The molecule has 0 bridgehead atoms. The molecule has 23 heavy (non-hydrogen) atoms. The maximum atomic E-state index is 12.2. The fourth-order valence-electron chi connectivity index (χ4n) is 2.07. The number of carbonyl (C=O) groups excluding carboxylic acids is 1. The lowest BCUT2D eigenvalue weighted by molar-refractivity contribution is 0.0934. The van der Waals surface area contributed by atoms with E-state index in [1.807, 2.05) is 30.3 Å². The third kappa shape index (κ3) is 4.93. The van der Waals surface area contributed by atoms with Crippen molar-refractivity contribution in [2.75, 3.05) is 13.2 Å². The van der Waals surface area contributed by atoms with Gasteiger partial charge in [-0.2, -0.15) is 0 Å². The van der Waals surface area contributed by atoms with Gasteiger partial charge in [0, 0.05) is 12.7 Å². The van der Waals surface area contributed by atoms with Gasteiger partial charge in [-0.3, -0.25) is 4.79 Å². The van der Waals surface area contributed by atoms with Crippen molar-refractivity contribution in [1.29, 1.82) is 0 Å². The zero-order valence-electron chi connectivity index (χ0n) is 12.8. The number of nitrogens with zero attached hydrogens (tertiary/aromatic N) is 1. The molecule has 0 aliphatic rings. The highest BCUT2D eigenvalue weighted by Crippen LogP contribution is 2.17. The number of benzene rings is 1. The van der Waals surface area contributed by atoms with Gasteiger partial charge in [0.25, 0.3) is 5.91 Å². The van der Waals surface area contributed by atoms with Crippen LogP contribution in [0.15, 0.2) is 61.3 Å². The van der Waals surface area contributed by atoms with Crippen LogP contribution in [0.25, 0.3) is 0 Å². The van der Waals surface area contributed by atoms with E-state index in [2.05, 4.69) is 16.9 Å². The van der Waals surface area contributed by atoms with Crippen molar-refractivity contribution in [2.45, 2.75) is 12.5 Å². The summed E-state index contributed by atoms with van der Waals surface area (Å²) < 4.78 is 5.41. The lowest BCUT2D eigenvalue weighted by atomic mass is 10.1. The van der Waals surface area contributed by atoms with Gasteiger partial charge in [-0.1, -0.05) is 43.0 Å². The maximum absolute atomic E-state index is 12.2. The summed E-state index contributed by atoms with van der Waals surface area (Å²) in [5, 5.41) is 12.8. The Morgan fingerprint density at radius 2 is 2.09 bits per heavy atom. The molecule has 1 amide bonds. The van der Waals surface area contributed by atoms with Gasteiger partial charge < -0.3 is 15.2 Å². The van der Waals surface area contributed by atoms with E-state index in [0.717, 1.165) is 5.56 Å². The van der Waals surface area contributed by atoms with Gasteiger partial charge in [0.15, 0.2) is 11.4 Å². The van der Waals surface area contributed by atoms with Crippen LogP contribution in [-0.2, 0) is 0 Å². The van der Waals surface area contributed by atoms with Crippen molar-refractivity contribution < 1.29 is 14.6 Å². The molecule has 5 nitrogen and oxygen atoms in total. The lowest BCUT2D eigenvalue weighted by Crippen LogP contribution is -2.27. The molecule has 0 radical (unpaired) electrons. The molecular formula is C18H20N2O3. The molecule has 0 saturated heterocycles. The van der Waals surface area contributed by atoms with Crippen LogP contribution in [0.1, 0.15) is 28.6 Å². The smallest absolute Gasteiger partial charge is 0.273 e. The van der Waals surface area contributed by atoms with E-state index >= 15 is 0 Å². The highest BCUT2D eigenvalue weighted by atomic mass is 16.5. The summed E-state index contributed by atoms with van der Waals surface area (Å²) in [5.41, 5.74) is 1.05. The van der Waals surface area contributed by atoms with Gasteiger partial charge in [-0.05, 0) is 24.1 Å². The van der Waals surface area contributed by atoms with Gasteiger partial charge in [0.1, 0.15) is 6.61 Å². The number of aliphatic hydroxyl groups is 1. The van der Waals surface area contributed by atoms with E-state index in [9.17, 15) is 9.90 Å². The SMILES string of the molecule is C=CCOc1cccnc1C(=O)NCCC(O)c1ccccc1. The second-order valence-electron chi connectivity index (χ2n) is 4.92. The molecule has 1 aromatic carbocycles. The van der Waals surface area contributed by atoms with Crippen molar-refractivity contribution in [3.8, 4) is 5.75 Å². The Bertz CT molecular complexity index is 644. The molecule has 1 atom stereocenters. The Balaban J connectivity index is 1.89. The Labute approximate surface area is 135 Å². The lowest BCUT2D eigenvalue weighted by Gasteiger charge is -2.12. The standard InChI is InChI=1S/C18H20N2O3/c1-2-13-23-16-9-6-11-19-17(16)18(22)20-12-10-15(21)14-7-4-3-5-8-14/h2-9,11,15,21H,1,10,12-13H2,(H,20,22). The van der Waals surface area contributed by atoms with Gasteiger partial charge in [-0.15, -0.1) is 0 Å². The van der Waals surface area contributed by atoms with Crippen LogP contribution in [0.5, 0.6) is 5.75 Å². The first-order valence-corrected chi connectivity index (χ1v) is 7.42. The van der Waals surface area contributed by atoms with Crippen LogP contribution in [0.2, 0.25) is 0 Å². The molecule has 0 aliphatic carbocycles. The van der Waals surface area contributed by atoms with E-state index in [1.165, 1.54) is 6.20 Å². The third-order valence-corrected chi connectivity index (χ3v) is 3.23. The maximum Gasteiger partial charge on any atom is 0.273 e. The fraction of sp³-hybridized carbons (Fsp3) is 0.222. The zero-order chi connectivity index (χ0) is 16.5. The number of hydrogen-bond donors (Lipinski definition) is 2. The minimum absolute atomic E-state index is 0.226. The number of hydrogen-bond acceptors (Lipinski definition) is 4. The van der Waals surface area contributed by atoms with Crippen LogP contribution in [0.4, 0.5) is 0 Å². The molecule has 120 valence electrons. The van der Waals surface area contributed by atoms with Crippen molar-refractivity contribution in [1.82, 2.24) is 10.3 Å². The molecule has 5 heteroatoms. The molecule has 0 spiro atoms.